The molecule has 0 amide bonds. The molecule has 2 heterocycles. The smallest absolute Gasteiger partial charge is 0.266 e. The summed E-state index contributed by atoms with van der Waals surface area (Å²) in [5, 5.41) is 4.31. The number of alkyl halides is 2. The Balaban J connectivity index is 2.34. The van der Waals surface area contributed by atoms with Crippen LogP contribution >= 0.6 is 0 Å². The Morgan fingerprint density at radius 1 is 1.21 bits per heavy atom. The third kappa shape index (κ3) is 3.00. The summed E-state index contributed by atoms with van der Waals surface area (Å²) in [6.07, 6.45) is 2.73. The van der Waals surface area contributed by atoms with Crippen LogP contribution in [0.25, 0.3) is 0 Å². The molecule has 19 heavy (non-hydrogen) atoms. The Morgan fingerprint density at radius 2 is 1.95 bits per heavy atom. The van der Waals surface area contributed by atoms with Gasteiger partial charge in [-0.2, -0.15) is 5.10 Å². The summed E-state index contributed by atoms with van der Waals surface area (Å²) in [6.45, 7) is 4.14. The minimum Gasteiger partial charge on any atom is -0.266 e. The Kier molecular flexibility index (Phi) is 3.97. The standard InChI is InChI=1S/C13H16BF2N3/c1-8(2)12(19-7-10(14)6-18-19)9-3-4-11(13(15)16)17-5-9/h3-8,12-13H,14H2,1-2H3. The summed E-state index contributed by atoms with van der Waals surface area (Å²) in [5.74, 6) is 0.290. The molecule has 1 atom stereocenters. The van der Waals surface area contributed by atoms with Gasteiger partial charge in [0, 0.05) is 18.6 Å². The Labute approximate surface area is 112 Å². The number of pyridine rings is 1. The van der Waals surface area contributed by atoms with Crippen molar-refractivity contribution in [2.24, 2.45) is 5.92 Å². The first-order valence-corrected chi connectivity index (χ1v) is 6.23. The van der Waals surface area contributed by atoms with Gasteiger partial charge in [0.05, 0.1) is 6.04 Å². The number of rotatable bonds is 4. The maximum absolute atomic E-state index is 12.5. The topological polar surface area (TPSA) is 30.7 Å². The van der Waals surface area contributed by atoms with Crippen molar-refractivity contribution in [1.29, 1.82) is 0 Å². The van der Waals surface area contributed by atoms with Crippen LogP contribution in [0.4, 0.5) is 8.78 Å². The van der Waals surface area contributed by atoms with Crippen molar-refractivity contribution in [1.82, 2.24) is 14.8 Å². The van der Waals surface area contributed by atoms with Gasteiger partial charge in [0.25, 0.3) is 6.43 Å². The molecule has 2 aromatic rings. The second-order valence-corrected chi connectivity index (χ2v) is 5.00. The summed E-state index contributed by atoms with van der Waals surface area (Å²) in [4.78, 5) is 3.82. The van der Waals surface area contributed by atoms with Gasteiger partial charge < -0.3 is 0 Å². The summed E-state index contributed by atoms with van der Waals surface area (Å²) >= 11 is 0. The van der Waals surface area contributed by atoms with E-state index >= 15 is 0 Å². The van der Waals surface area contributed by atoms with E-state index in [1.165, 1.54) is 12.3 Å². The van der Waals surface area contributed by atoms with Gasteiger partial charge in [-0.05, 0) is 17.5 Å². The molecular formula is C13H16BF2N3. The minimum atomic E-state index is -2.53. The molecule has 0 spiro atoms. The van der Waals surface area contributed by atoms with Gasteiger partial charge in [-0.15, -0.1) is 0 Å². The normalized spacial score (nSPS) is 13.2. The molecule has 0 aromatic carbocycles. The van der Waals surface area contributed by atoms with E-state index in [9.17, 15) is 8.78 Å². The largest absolute Gasteiger partial charge is 0.280 e. The van der Waals surface area contributed by atoms with Gasteiger partial charge in [-0.25, -0.2) is 8.78 Å². The second kappa shape index (κ2) is 5.51. The first-order chi connectivity index (χ1) is 8.99. The van der Waals surface area contributed by atoms with Crippen molar-refractivity contribution in [3.8, 4) is 0 Å². The molecule has 3 nitrogen and oxygen atoms in total. The lowest BCUT2D eigenvalue weighted by Gasteiger charge is -2.21. The average Bonchev–Trinajstić information content (AvgIpc) is 2.76. The van der Waals surface area contributed by atoms with Crippen LogP contribution in [0.1, 0.15) is 37.6 Å². The fraction of sp³-hybridized carbons (Fsp3) is 0.385. The van der Waals surface area contributed by atoms with Crippen LogP contribution in [0.2, 0.25) is 0 Å². The molecule has 0 aliphatic heterocycles. The fourth-order valence-corrected chi connectivity index (χ4v) is 2.15. The van der Waals surface area contributed by atoms with E-state index in [0.29, 0.717) is 5.92 Å². The number of halogens is 2. The van der Waals surface area contributed by atoms with Crippen LogP contribution in [-0.4, -0.2) is 22.6 Å². The molecule has 0 saturated carbocycles. The lowest BCUT2D eigenvalue weighted by molar-refractivity contribution is 0.146. The lowest BCUT2D eigenvalue weighted by Crippen LogP contribution is -2.18. The van der Waals surface area contributed by atoms with Crippen LogP contribution < -0.4 is 5.46 Å². The van der Waals surface area contributed by atoms with Crippen LogP contribution in [0.5, 0.6) is 0 Å². The number of hydrogen-bond acceptors (Lipinski definition) is 2. The Bertz CT molecular complexity index is 537. The fourth-order valence-electron chi connectivity index (χ4n) is 2.15. The number of hydrogen-bond donors (Lipinski definition) is 0. The van der Waals surface area contributed by atoms with E-state index in [4.69, 9.17) is 0 Å². The lowest BCUT2D eigenvalue weighted by atomic mass is 9.97. The van der Waals surface area contributed by atoms with E-state index in [1.807, 2.05) is 18.7 Å². The van der Waals surface area contributed by atoms with Crippen molar-refractivity contribution in [3.63, 3.8) is 0 Å². The molecule has 1 unspecified atom stereocenters. The van der Waals surface area contributed by atoms with Gasteiger partial charge >= 0.3 is 0 Å². The average molecular weight is 263 g/mol. The highest BCUT2D eigenvalue weighted by atomic mass is 19.3. The monoisotopic (exact) mass is 263 g/mol. The van der Waals surface area contributed by atoms with Crippen LogP contribution in [-0.2, 0) is 0 Å². The van der Waals surface area contributed by atoms with E-state index in [1.54, 1.807) is 12.3 Å². The van der Waals surface area contributed by atoms with Crippen molar-refractivity contribution in [3.05, 3.63) is 42.0 Å². The summed E-state index contributed by atoms with van der Waals surface area (Å²) in [5.41, 5.74) is 1.77. The van der Waals surface area contributed by atoms with Gasteiger partial charge in [0.2, 0.25) is 0 Å². The molecule has 0 aliphatic carbocycles. The third-order valence-corrected chi connectivity index (χ3v) is 3.02. The van der Waals surface area contributed by atoms with Crippen molar-refractivity contribution < 1.29 is 8.78 Å². The van der Waals surface area contributed by atoms with Crippen molar-refractivity contribution >= 4 is 13.3 Å². The molecule has 2 aromatic heterocycles. The highest BCUT2D eigenvalue weighted by molar-refractivity contribution is 6.31. The van der Waals surface area contributed by atoms with Crippen molar-refractivity contribution in [2.45, 2.75) is 26.3 Å². The first-order valence-electron chi connectivity index (χ1n) is 6.23. The van der Waals surface area contributed by atoms with Crippen LogP contribution in [0, 0.1) is 5.92 Å². The Morgan fingerprint density at radius 3 is 2.37 bits per heavy atom. The molecule has 0 N–H and O–H groups in total. The minimum absolute atomic E-state index is 0.00734. The molecule has 0 bridgehead atoms. The maximum Gasteiger partial charge on any atom is 0.280 e. The predicted octanol–water partition coefficient (Wildman–Crippen LogP) is 1.72. The molecule has 2 rings (SSSR count). The van der Waals surface area contributed by atoms with Gasteiger partial charge in [-0.1, -0.05) is 25.4 Å². The molecule has 0 radical (unpaired) electrons. The van der Waals surface area contributed by atoms with Gasteiger partial charge in [0.1, 0.15) is 13.5 Å². The van der Waals surface area contributed by atoms with E-state index in [2.05, 4.69) is 23.9 Å². The van der Waals surface area contributed by atoms with Crippen LogP contribution in [0.3, 0.4) is 0 Å². The zero-order chi connectivity index (χ0) is 14.0. The quantitative estimate of drug-likeness (QED) is 0.786. The van der Waals surface area contributed by atoms with Crippen molar-refractivity contribution in [2.75, 3.05) is 0 Å². The molecule has 100 valence electrons. The second-order valence-electron chi connectivity index (χ2n) is 5.00. The number of aromatic nitrogens is 3. The molecular weight excluding hydrogens is 247 g/mol. The van der Waals surface area contributed by atoms with E-state index in [-0.39, 0.29) is 11.7 Å². The summed E-state index contributed by atoms with van der Waals surface area (Å²) < 4.78 is 26.9. The zero-order valence-electron chi connectivity index (χ0n) is 11.2. The highest BCUT2D eigenvalue weighted by Gasteiger charge is 2.19. The van der Waals surface area contributed by atoms with E-state index < -0.39 is 6.43 Å². The van der Waals surface area contributed by atoms with Gasteiger partial charge in [-0.3, -0.25) is 9.67 Å². The van der Waals surface area contributed by atoms with Gasteiger partial charge in [0.15, 0.2) is 0 Å². The predicted molar refractivity (Wildman–Crippen MR) is 72.6 cm³/mol. The molecule has 0 fully saturated rings. The number of nitrogens with zero attached hydrogens (tertiary/aromatic N) is 3. The third-order valence-electron chi connectivity index (χ3n) is 3.02. The maximum atomic E-state index is 12.5. The Hall–Kier alpha value is -1.72. The highest BCUT2D eigenvalue weighted by Crippen LogP contribution is 2.26. The SMILES string of the molecule is Bc1cnn(C(c2ccc(C(F)F)nc2)C(C)C)c1. The first kappa shape index (κ1) is 13.7. The molecule has 6 heteroatoms. The zero-order valence-corrected chi connectivity index (χ0v) is 11.2. The molecule has 0 aliphatic rings. The van der Waals surface area contributed by atoms with E-state index in [0.717, 1.165) is 11.0 Å². The van der Waals surface area contributed by atoms with Crippen LogP contribution in [0.15, 0.2) is 30.7 Å². The summed E-state index contributed by atoms with van der Waals surface area (Å²) in [7, 11) is 1.97. The summed E-state index contributed by atoms with van der Waals surface area (Å²) in [6, 6.07) is 3.09. The molecule has 0 saturated heterocycles.